The standard InChI is InChI=1S/C14H15N3O2/c1-17(2)11-5-3-4-10(8-11)16-14(19)12-6-7-15-9-13(12)18/h3-9,18H,1-2H3,(H,16,19). The summed E-state index contributed by atoms with van der Waals surface area (Å²) in [5.74, 6) is -0.500. The number of carbonyl (C=O) groups excluding carboxylic acids is 1. The van der Waals surface area contributed by atoms with Crippen LogP contribution in [0.25, 0.3) is 0 Å². The van der Waals surface area contributed by atoms with Crippen LogP contribution in [0.5, 0.6) is 5.75 Å². The van der Waals surface area contributed by atoms with Crippen LogP contribution >= 0.6 is 0 Å². The number of hydrogen-bond acceptors (Lipinski definition) is 4. The predicted octanol–water partition coefficient (Wildman–Crippen LogP) is 2.11. The van der Waals surface area contributed by atoms with Gasteiger partial charge in [0.15, 0.2) is 0 Å². The molecule has 5 heteroatoms. The maximum atomic E-state index is 12.0. The number of anilines is 2. The molecule has 0 radical (unpaired) electrons. The van der Waals surface area contributed by atoms with Crippen molar-refractivity contribution in [2.24, 2.45) is 0 Å². The van der Waals surface area contributed by atoms with Gasteiger partial charge in [0.25, 0.3) is 5.91 Å². The minimum Gasteiger partial charge on any atom is -0.505 e. The molecule has 0 bridgehead atoms. The Balaban J connectivity index is 2.20. The number of rotatable bonds is 3. The van der Waals surface area contributed by atoms with Crippen molar-refractivity contribution in [3.05, 3.63) is 48.3 Å². The van der Waals surface area contributed by atoms with Crippen molar-refractivity contribution in [1.29, 1.82) is 0 Å². The average molecular weight is 257 g/mol. The van der Waals surface area contributed by atoms with E-state index in [1.165, 1.54) is 18.5 Å². The molecule has 0 saturated heterocycles. The number of amides is 1. The molecule has 1 aromatic heterocycles. The molecule has 5 nitrogen and oxygen atoms in total. The van der Waals surface area contributed by atoms with Crippen LogP contribution in [0.1, 0.15) is 10.4 Å². The Morgan fingerprint density at radius 1 is 1.32 bits per heavy atom. The highest BCUT2D eigenvalue weighted by atomic mass is 16.3. The summed E-state index contributed by atoms with van der Waals surface area (Å²) in [6.07, 6.45) is 2.70. The van der Waals surface area contributed by atoms with Gasteiger partial charge in [-0.25, -0.2) is 0 Å². The number of benzene rings is 1. The average Bonchev–Trinajstić information content (AvgIpc) is 2.39. The van der Waals surface area contributed by atoms with Gasteiger partial charge in [-0.1, -0.05) is 6.07 Å². The number of aromatic hydroxyl groups is 1. The molecule has 0 unspecified atom stereocenters. The van der Waals surface area contributed by atoms with Crippen LogP contribution in [0.4, 0.5) is 11.4 Å². The predicted molar refractivity (Wildman–Crippen MR) is 74.6 cm³/mol. The molecular weight excluding hydrogens is 242 g/mol. The summed E-state index contributed by atoms with van der Waals surface area (Å²) in [5, 5.41) is 12.3. The lowest BCUT2D eigenvalue weighted by molar-refractivity contribution is 0.102. The molecule has 1 heterocycles. The molecule has 0 aliphatic rings. The van der Waals surface area contributed by atoms with Gasteiger partial charge in [0.05, 0.1) is 11.8 Å². The van der Waals surface area contributed by atoms with Gasteiger partial charge in [0, 0.05) is 31.7 Å². The molecule has 0 aliphatic heterocycles. The third-order valence-corrected chi connectivity index (χ3v) is 2.67. The molecule has 1 aromatic carbocycles. The summed E-state index contributed by atoms with van der Waals surface area (Å²) in [6, 6.07) is 8.93. The largest absolute Gasteiger partial charge is 0.505 e. The maximum Gasteiger partial charge on any atom is 0.259 e. The highest BCUT2D eigenvalue weighted by Gasteiger charge is 2.11. The zero-order valence-electron chi connectivity index (χ0n) is 10.8. The van der Waals surface area contributed by atoms with E-state index in [-0.39, 0.29) is 17.2 Å². The van der Waals surface area contributed by atoms with Crippen molar-refractivity contribution in [1.82, 2.24) is 4.98 Å². The third kappa shape index (κ3) is 3.01. The molecule has 0 saturated carbocycles. The van der Waals surface area contributed by atoms with Gasteiger partial charge in [-0.05, 0) is 24.3 Å². The van der Waals surface area contributed by atoms with Crippen molar-refractivity contribution in [3.63, 3.8) is 0 Å². The molecule has 0 atom stereocenters. The highest BCUT2D eigenvalue weighted by molar-refractivity contribution is 6.06. The SMILES string of the molecule is CN(C)c1cccc(NC(=O)c2ccncc2O)c1. The smallest absolute Gasteiger partial charge is 0.259 e. The molecule has 2 rings (SSSR count). The topological polar surface area (TPSA) is 65.5 Å². The van der Waals surface area contributed by atoms with Crippen molar-refractivity contribution < 1.29 is 9.90 Å². The van der Waals surface area contributed by atoms with Crippen molar-refractivity contribution in [2.75, 3.05) is 24.3 Å². The second kappa shape index (κ2) is 5.39. The van der Waals surface area contributed by atoms with E-state index in [4.69, 9.17) is 0 Å². The van der Waals surface area contributed by atoms with E-state index in [9.17, 15) is 9.90 Å². The molecule has 2 N–H and O–H groups in total. The lowest BCUT2D eigenvalue weighted by Gasteiger charge is -2.14. The lowest BCUT2D eigenvalue weighted by Crippen LogP contribution is -2.13. The number of aromatic nitrogens is 1. The van der Waals surface area contributed by atoms with E-state index in [1.807, 2.05) is 37.2 Å². The lowest BCUT2D eigenvalue weighted by atomic mass is 10.2. The van der Waals surface area contributed by atoms with Crippen LogP contribution in [-0.2, 0) is 0 Å². The first kappa shape index (κ1) is 12.9. The van der Waals surface area contributed by atoms with E-state index >= 15 is 0 Å². The summed E-state index contributed by atoms with van der Waals surface area (Å²) in [7, 11) is 3.85. The minimum absolute atomic E-state index is 0.135. The highest BCUT2D eigenvalue weighted by Crippen LogP contribution is 2.20. The van der Waals surface area contributed by atoms with Crippen LogP contribution in [-0.4, -0.2) is 30.1 Å². The number of nitrogens with one attached hydrogen (secondary N) is 1. The number of hydrogen-bond donors (Lipinski definition) is 2. The Morgan fingerprint density at radius 2 is 2.11 bits per heavy atom. The summed E-state index contributed by atoms with van der Waals surface area (Å²) in [6.45, 7) is 0. The van der Waals surface area contributed by atoms with E-state index < -0.39 is 0 Å². The van der Waals surface area contributed by atoms with Gasteiger partial charge in [-0.3, -0.25) is 9.78 Å². The summed E-state index contributed by atoms with van der Waals surface area (Å²) in [4.78, 5) is 17.7. The molecule has 98 valence electrons. The molecule has 0 spiro atoms. The normalized spacial score (nSPS) is 10.0. The zero-order valence-corrected chi connectivity index (χ0v) is 10.8. The van der Waals surface area contributed by atoms with Crippen molar-refractivity contribution in [3.8, 4) is 5.75 Å². The molecule has 19 heavy (non-hydrogen) atoms. The molecule has 1 amide bonds. The first-order valence-electron chi connectivity index (χ1n) is 5.79. The molecule has 0 fully saturated rings. The van der Waals surface area contributed by atoms with E-state index in [0.717, 1.165) is 5.69 Å². The summed E-state index contributed by atoms with van der Waals surface area (Å²) >= 11 is 0. The Hall–Kier alpha value is -2.56. The van der Waals surface area contributed by atoms with Gasteiger partial charge in [-0.15, -0.1) is 0 Å². The first-order chi connectivity index (χ1) is 9.08. The van der Waals surface area contributed by atoms with Crippen LogP contribution < -0.4 is 10.2 Å². The van der Waals surface area contributed by atoms with Crippen LogP contribution in [0.2, 0.25) is 0 Å². The number of pyridine rings is 1. The summed E-state index contributed by atoms with van der Waals surface area (Å²) in [5.41, 5.74) is 1.86. The monoisotopic (exact) mass is 257 g/mol. The minimum atomic E-state index is -0.365. The Morgan fingerprint density at radius 3 is 2.79 bits per heavy atom. The summed E-state index contributed by atoms with van der Waals surface area (Å²) < 4.78 is 0. The fourth-order valence-electron chi connectivity index (χ4n) is 1.64. The van der Waals surface area contributed by atoms with Gasteiger partial charge in [-0.2, -0.15) is 0 Å². The Bertz CT molecular complexity index is 597. The Kier molecular flexibility index (Phi) is 3.66. The second-order valence-corrected chi connectivity index (χ2v) is 4.29. The molecule has 0 aliphatic carbocycles. The fourth-order valence-corrected chi connectivity index (χ4v) is 1.64. The van der Waals surface area contributed by atoms with Crippen LogP contribution in [0.15, 0.2) is 42.7 Å². The van der Waals surface area contributed by atoms with Gasteiger partial charge < -0.3 is 15.3 Å². The first-order valence-corrected chi connectivity index (χ1v) is 5.79. The van der Waals surface area contributed by atoms with Crippen LogP contribution in [0, 0.1) is 0 Å². The van der Waals surface area contributed by atoms with Crippen molar-refractivity contribution >= 4 is 17.3 Å². The van der Waals surface area contributed by atoms with Gasteiger partial charge >= 0.3 is 0 Å². The quantitative estimate of drug-likeness (QED) is 0.883. The third-order valence-electron chi connectivity index (χ3n) is 2.67. The number of nitrogens with zero attached hydrogens (tertiary/aromatic N) is 2. The van der Waals surface area contributed by atoms with Crippen molar-refractivity contribution in [2.45, 2.75) is 0 Å². The van der Waals surface area contributed by atoms with E-state index in [2.05, 4.69) is 10.3 Å². The zero-order chi connectivity index (χ0) is 13.8. The fraction of sp³-hybridized carbons (Fsp3) is 0.143. The maximum absolute atomic E-state index is 12.0. The molecule has 2 aromatic rings. The second-order valence-electron chi connectivity index (χ2n) is 4.29. The van der Waals surface area contributed by atoms with Gasteiger partial charge in [0.2, 0.25) is 0 Å². The Labute approximate surface area is 111 Å². The number of carbonyl (C=O) groups is 1. The van der Waals surface area contributed by atoms with Gasteiger partial charge in [0.1, 0.15) is 5.75 Å². The van der Waals surface area contributed by atoms with E-state index in [1.54, 1.807) is 6.07 Å². The molecular formula is C14H15N3O2. The van der Waals surface area contributed by atoms with Crippen LogP contribution in [0.3, 0.4) is 0 Å². The van der Waals surface area contributed by atoms with E-state index in [0.29, 0.717) is 5.69 Å².